The Balaban J connectivity index is 2.16. The van der Waals surface area contributed by atoms with Gasteiger partial charge in [-0.25, -0.2) is 0 Å². The van der Waals surface area contributed by atoms with Gasteiger partial charge in [-0.15, -0.1) is 0 Å². The summed E-state index contributed by atoms with van der Waals surface area (Å²) in [7, 11) is 0. The monoisotopic (exact) mass is 275 g/mol. The van der Waals surface area contributed by atoms with Gasteiger partial charge in [-0.05, 0) is 36.8 Å². The number of anilines is 1. The second kappa shape index (κ2) is 5.57. The highest BCUT2D eigenvalue weighted by Gasteiger charge is 1.98. The van der Waals surface area contributed by atoms with E-state index in [2.05, 4.69) is 20.6 Å². The Hall–Kier alpha value is -2.28. The van der Waals surface area contributed by atoms with E-state index in [1.807, 2.05) is 31.2 Å². The normalized spacial score (nSPS) is 10.8. The third kappa shape index (κ3) is 3.35. The van der Waals surface area contributed by atoms with Crippen molar-refractivity contribution in [3.8, 4) is 0 Å². The number of amides is 1. The number of nitrogens with zero attached hydrogens (tertiary/aromatic N) is 3. The maximum absolute atomic E-state index is 10.9. The lowest BCUT2D eigenvalue weighted by atomic mass is 10.2. The molecule has 0 atom stereocenters. The molecule has 1 amide bonds. The maximum Gasteiger partial charge on any atom is 0.221 e. The van der Waals surface area contributed by atoms with E-state index in [-0.39, 0.29) is 5.91 Å². The van der Waals surface area contributed by atoms with Crippen LogP contribution in [0, 0.1) is 11.7 Å². The van der Waals surface area contributed by atoms with Crippen molar-refractivity contribution >= 4 is 30.0 Å². The van der Waals surface area contributed by atoms with Gasteiger partial charge in [-0.1, -0.05) is 12.1 Å². The highest BCUT2D eigenvalue weighted by molar-refractivity contribution is 7.71. The van der Waals surface area contributed by atoms with Crippen LogP contribution < -0.4 is 5.32 Å². The molecule has 0 unspecified atom stereocenters. The lowest BCUT2D eigenvalue weighted by molar-refractivity contribution is -0.114. The molecule has 0 aliphatic carbocycles. The molecule has 1 aromatic carbocycles. The molecule has 0 bridgehead atoms. The highest BCUT2D eigenvalue weighted by atomic mass is 32.1. The summed E-state index contributed by atoms with van der Waals surface area (Å²) < 4.78 is 1.99. The van der Waals surface area contributed by atoms with Crippen molar-refractivity contribution in [1.29, 1.82) is 0 Å². The molecule has 1 aromatic heterocycles. The first kappa shape index (κ1) is 13.2. The third-order valence-corrected chi connectivity index (χ3v) is 2.63. The van der Waals surface area contributed by atoms with Crippen molar-refractivity contribution in [2.45, 2.75) is 13.8 Å². The Bertz CT molecular complexity index is 668. The zero-order chi connectivity index (χ0) is 13.8. The van der Waals surface area contributed by atoms with Crippen LogP contribution in [0.15, 0.2) is 29.4 Å². The molecule has 19 heavy (non-hydrogen) atoms. The molecule has 2 aromatic rings. The smallest absolute Gasteiger partial charge is 0.221 e. The van der Waals surface area contributed by atoms with Crippen LogP contribution in [0.2, 0.25) is 0 Å². The minimum Gasteiger partial charge on any atom is -0.326 e. The van der Waals surface area contributed by atoms with E-state index in [1.54, 1.807) is 6.21 Å². The summed E-state index contributed by atoms with van der Waals surface area (Å²) >= 11 is 5.04. The molecule has 2 N–H and O–H groups in total. The van der Waals surface area contributed by atoms with Crippen molar-refractivity contribution in [1.82, 2.24) is 14.9 Å². The fourth-order valence-corrected chi connectivity index (χ4v) is 1.71. The number of carbonyl (C=O) groups is 1. The molecule has 98 valence electrons. The Kier molecular flexibility index (Phi) is 3.86. The largest absolute Gasteiger partial charge is 0.326 e. The van der Waals surface area contributed by atoms with E-state index in [0.29, 0.717) is 10.6 Å². The van der Waals surface area contributed by atoms with Gasteiger partial charge in [0.05, 0.1) is 6.21 Å². The van der Waals surface area contributed by atoms with Gasteiger partial charge >= 0.3 is 0 Å². The van der Waals surface area contributed by atoms with Crippen molar-refractivity contribution in [2.75, 3.05) is 5.32 Å². The quantitative estimate of drug-likeness (QED) is 0.665. The molecule has 0 aliphatic heterocycles. The summed E-state index contributed by atoms with van der Waals surface area (Å²) in [5, 5.41) is 13.6. The standard InChI is InChI=1S/C12H13N5OS/c1-8-15-16-12(19)17(8)13-7-10-3-5-11(6-4-10)14-9(2)18/h3-7H,1-2H3,(H,14,18)(H,16,19)/b13-7-. The van der Waals surface area contributed by atoms with E-state index in [9.17, 15) is 4.79 Å². The number of nitrogens with one attached hydrogen (secondary N) is 2. The van der Waals surface area contributed by atoms with E-state index in [1.165, 1.54) is 11.6 Å². The topological polar surface area (TPSA) is 75.1 Å². The second-order valence-electron chi connectivity index (χ2n) is 3.94. The van der Waals surface area contributed by atoms with Gasteiger partial charge in [-0.3, -0.25) is 9.89 Å². The number of aromatic amines is 1. The summed E-state index contributed by atoms with van der Waals surface area (Å²) in [6, 6.07) is 7.33. The summed E-state index contributed by atoms with van der Waals surface area (Å²) in [5.74, 6) is 0.595. The van der Waals surface area contributed by atoms with Gasteiger partial charge in [-0.2, -0.15) is 14.9 Å². The maximum atomic E-state index is 10.9. The Morgan fingerprint density at radius 3 is 2.68 bits per heavy atom. The van der Waals surface area contributed by atoms with Crippen LogP contribution in [0.25, 0.3) is 0 Å². The number of rotatable bonds is 3. The minimum atomic E-state index is -0.0956. The predicted octanol–water partition coefficient (Wildman–Crippen LogP) is 2.09. The zero-order valence-electron chi connectivity index (χ0n) is 10.5. The molecule has 0 fully saturated rings. The molecule has 6 nitrogen and oxygen atoms in total. The number of aromatic nitrogens is 3. The summed E-state index contributed by atoms with van der Waals surface area (Å²) in [5.41, 5.74) is 1.65. The van der Waals surface area contributed by atoms with Crippen LogP contribution >= 0.6 is 12.2 Å². The SMILES string of the molecule is CC(=O)Nc1ccc(/C=N\n2c(C)n[nH]c2=S)cc1. The van der Waals surface area contributed by atoms with Crippen LogP contribution in [-0.4, -0.2) is 27.0 Å². The average Bonchev–Trinajstić information content (AvgIpc) is 2.68. The summed E-state index contributed by atoms with van der Waals surface area (Å²) in [6.45, 7) is 3.28. The van der Waals surface area contributed by atoms with E-state index in [0.717, 1.165) is 11.3 Å². The summed E-state index contributed by atoms with van der Waals surface area (Å²) in [4.78, 5) is 10.9. The lowest BCUT2D eigenvalue weighted by Gasteiger charge is -2.01. The predicted molar refractivity (Wildman–Crippen MR) is 75.9 cm³/mol. The van der Waals surface area contributed by atoms with Gasteiger partial charge in [0, 0.05) is 12.6 Å². The molecule has 0 radical (unpaired) electrons. The molecule has 0 saturated heterocycles. The number of hydrogen-bond acceptors (Lipinski definition) is 4. The Labute approximate surface area is 115 Å². The highest BCUT2D eigenvalue weighted by Crippen LogP contribution is 2.08. The molecular formula is C12H13N5OS. The first-order chi connectivity index (χ1) is 9.06. The average molecular weight is 275 g/mol. The van der Waals surface area contributed by atoms with Crippen LogP contribution in [0.5, 0.6) is 0 Å². The Morgan fingerprint density at radius 2 is 2.16 bits per heavy atom. The molecule has 0 aliphatic rings. The van der Waals surface area contributed by atoms with Crippen LogP contribution in [-0.2, 0) is 4.79 Å². The van der Waals surface area contributed by atoms with E-state index in [4.69, 9.17) is 12.2 Å². The number of carbonyl (C=O) groups excluding carboxylic acids is 1. The fourth-order valence-electron chi connectivity index (χ4n) is 1.49. The molecule has 7 heteroatoms. The molecule has 0 saturated carbocycles. The van der Waals surface area contributed by atoms with Crippen LogP contribution in [0.1, 0.15) is 18.3 Å². The Morgan fingerprint density at radius 1 is 1.47 bits per heavy atom. The zero-order valence-corrected chi connectivity index (χ0v) is 11.4. The van der Waals surface area contributed by atoms with Gasteiger partial charge in [0.15, 0.2) is 0 Å². The number of benzene rings is 1. The van der Waals surface area contributed by atoms with Crippen LogP contribution in [0.4, 0.5) is 5.69 Å². The second-order valence-corrected chi connectivity index (χ2v) is 4.32. The molecule has 0 spiro atoms. The van der Waals surface area contributed by atoms with Crippen molar-refractivity contribution in [3.05, 3.63) is 40.4 Å². The fraction of sp³-hybridized carbons (Fsp3) is 0.167. The summed E-state index contributed by atoms with van der Waals surface area (Å²) in [6.07, 6.45) is 1.68. The first-order valence-electron chi connectivity index (χ1n) is 5.62. The van der Waals surface area contributed by atoms with Crippen molar-refractivity contribution in [3.63, 3.8) is 0 Å². The minimum absolute atomic E-state index is 0.0956. The van der Waals surface area contributed by atoms with Gasteiger partial charge in [0.25, 0.3) is 0 Å². The third-order valence-electron chi connectivity index (χ3n) is 2.37. The van der Waals surface area contributed by atoms with Crippen molar-refractivity contribution in [2.24, 2.45) is 5.10 Å². The molecular weight excluding hydrogens is 262 g/mol. The molecule has 2 rings (SSSR count). The van der Waals surface area contributed by atoms with Crippen LogP contribution in [0.3, 0.4) is 0 Å². The van der Waals surface area contributed by atoms with Crippen molar-refractivity contribution < 1.29 is 4.79 Å². The van der Waals surface area contributed by atoms with Gasteiger partial charge in [0.2, 0.25) is 10.7 Å². The van der Waals surface area contributed by atoms with Gasteiger partial charge in [0.1, 0.15) is 5.82 Å². The lowest BCUT2D eigenvalue weighted by Crippen LogP contribution is -2.05. The van der Waals surface area contributed by atoms with Gasteiger partial charge < -0.3 is 5.32 Å². The molecule has 1 heterocycles. The number of hydrogen-bond donors (Lipinski definition) is 2. The van der Waals surface area contributed by atoms with E-state index >= 15 is 0 Å². The first-order valence-corrected chi connectivity index (χ1v) is 6.03. The number of aryl methyl sites for hydroxylation is 1. The van der Waals surface area contributed by atoms with E-state index < -0.39 is 0 Å². The number of H-pyrrole nitrogens is 1.